The zero-order valence-electron chi connectivity index (χ0n) is 9.44. The molecule has 1 aliphatic heterocycles. The van der Waals surface area contributed by atoms with Crippen LogP contribution < -0.4 is 5.32 Å². The molecule has 1 aliphatic carbocycles. The van der Waals surface area contributed by atoms with Crippen molar-refractivity contribution in [3.63, 3.8) is 0 Å². The van der Waals surface area contributed by atoms with Crippen molar-refractivity contribution in [3.8, 4) is 0 Å². The number of aliphatic hydroxyl groups is 1. The van der Waals surface area contributed by atoms with Gasteiger partial charge in [0.25, 0.3) is 0 Å². The number of fused-ring (bicyclic) bond motifs is 1. The highest BCUT2D eigenvalue weighted by molar-refractivity contribution is 6.00. The second kappa shape index (κ2) is 4.11. The molecule has 3 rings (SSSR count). The van der Waals surface area contributed by atoms with Gasteiger partial charge in [-0.25, -0.2) is 4.39 Å². The third-order valence-electron chi connectivity index (χ3n) is 3.53. The van der Waals surface area contributed by atoms with E-state index in [2.05, 4.69) is 10.3 Å². The summed E-state index contributed by atoms with van der Waals surface area (Å²) in [5.74, 6) is 0.380. The standard InChI is InChI=1S/C13H15FN2O/c14-10-4-2-1-3-9(10)13-15-11-6-5-8(17)7-12(11)16-13/h1-4,8,11-12,17H,5-7H2,(H,15,16). The fourth-order valence-electron chi connectivity index (χ4n) is 2.62. The average Bonchev–Trinajstić information content (AvgIpc) is 2.72. The van der Waals surface area contributed by atoms with E-state index >= 15 is 0 Å². The van der Waals surface area contributed by atoms with Gasteiger partial charge in [0.05, 0.1) is 23.8 Å². The molecule has 17 heavy (non-hydrogen) atoms. The van der Waals surface area contributed by atoms with E-state index in [1.54, 1.807) is 18.2 Å². The topological polar surface area (TPSA) is 44.6 Å². The maximum Gasteiger partial charge on any atom is 0.134 e. The Hall–Kier alpha value is -1.42. The first-order chi connectivity index (χ1) is 8.24. The molecule has 2 aliphatic rings. The Labute approximate surface area is 99.4 Å². The van der Waals surface area contributed by atoms with Crippen molar-refractivity contribution in [2.45, 2.75) is 37.5 Å². The van der Waals surface area contributed by atoms with Gasteiger partial charge in [-0.15, -0.1) is 0 Å². The van der Waals surface area contributed by atoms with Crippen LogP contribution >= 0.6 is 0 Å². The summed E-state index contributed by atoms with van der Waals surface area (Å²) in [7, 11) is 0. The molecule has 90 valence electrons. The summed E-state index contributed by atoms with van der Waals surface area (Å²) in [5, 5.41) is 12.8. The number of benzene rings is 1. The van der Waals surface area contributed by atoms with E-state index in [1.165, 1.54) is 6.07 Å². The minimum absolute atomic E-state index is 0.161. The van der Waals surface area contributed by atoms with Crippen molar-refractivity contribution in [1.29, 1.82) is 0 Å². The highest BCUT2D eigenvalue weighted by atomic mass is 19.1. The predicted octanol–water partition coefficient (Wildman–Crippen LogP) is 1.46. The Bertz CT molecular complexity index is 460. The summed E-state index contributed by atoms with van der Waals surface area (Å²) in [4.78, 5) is 4.53. The molecule has 3 unspecified atom stereocenters. The van der Waals surface area contributed by atoms with Crippen LogP contribution in [0.1, 0.15) is 24.8 Å². The lowest BCUT2D eigenvalue weighted by Crippen LogP contribution is -2.41. The van der Waals surface area contributed by atoms with Gasteiger partial charge in [0.2, 0.25) is 0 Å². The predicted molar refractivity (Wildman–Crippen MR) is 63.5 cm³/mol. The molecule has 4 heteroatoms. The van der Waals surface area contributed by atoms with Crippen molar-refractivity contribution in [2.75, 3.05) is 0 Å². The van der Waals surface area contributed by atoms with Crippen molar-refractivity contribution in [3.05, 3.63) is 35.6 Å². The van der Waals surface area contributed by atoms with Gasteiger partial charge >= 0.3 is 0 Å². The number of aliphatic imine (C=N–C) groups is 1. The SMILES string of the molecule is OC1CCC2N=C(c3ccccc3F)NC2C1. The molecule has 1 fully saturated rings. The molecule has 0 aromatic heterocycles. The lowest BCUT2D eigenvalue weighted by atomic mass is 9.90. The fourth-order valence-corrected chi connectivity index (χ4v) is 2.62. The molecule has 0 bridgehead atoms. The van der Waals surface area contributed by atoms with Gasteiger partial charge in [0, 0.05) is 0 Å². The maximum absolute atomic E-state index is 13.6. The van der Waals surface area contributed by atoms with Gasteiger partial charge in [0.1, 0.15) is 11.7 Å². The van der Waals surface area contributed by atoms with E-state index in [9.17, 15) is 9.50 Å². The van der Waals surface area contributed by atoms with Gasteiger partial charge in [-0.1, -0.05) is 12.1 Å². The molecule has 2 N–H and O–H groups in total. The van der Waals surface area contributed by atoms with Crippen molar-refractivity contribution in [1.82, 2.24) is 5.32 Å². The molecular weight excluding hydrogens is 219 g/mol. The Morgan fingerprint density at radius 3 is 2.94 bits per heavy atom. The van der Waals surface area contributed by atoms with Gasteiger partial charge < -0.3 is 10.4 Å². The average molecular weight is 234 g/mol. The maximum atomic E-state index is 13.6. The Morgan fingerprint density at radius 2 is 2.12 bits per heavy atom. The smallest absolute Gasteiger partial charge is 0.134 e. The summed E-state index contributed by atoms with van der Waals surface area (Å²) in [6.45, 7) is 0. The number of aliphatic hydroxyl groups excluding tert-OH is 1. The Balaban J connectivity index is 1.85. The van der Waals surface area contributed by atoms with Crippen LogP contribution in [-0.4, -0.2) is 29.1 Å². The van der Waals surface area contributed by atoms with E-state index in [0.717, 1.165) is 12.8 Å². The minimum Gasteiger partial charge on any atom is -0.393 e. The normalized spacial score (nSPS) is 31.6. The summed E-state index contributed by atoms with van der Waals surface area (Å²) >= 11 is 0. The Morgan fingerprint density at radius 1 is 1.29 bits per heavy atom. The van der Waals surface area contributed by atoms with Crippen molar-refractivity contribution < 1.29 is 9.50 Å². The summed E-state index contributed by atoms with van der Waals surface area (Å²) < 4.78 is 13.6. The van der Waals surface area contributed by atoms with Crippen LogP contribution in [0.5, 0.6) is 0 Å². The first-order valence-corrected chi connectivity index (χ1v) is 6.01. The molecule has 0 spiro atoms. The van der Waals surface area contributed by atoms with E-state index in [0.29, 0.717) is 17.8 Å². The summed E-state index contributed by atoms with van der Waals surface area (Å²) in [5.41, 5.74) is 0.524. The van der Waals surface area contributed by atoms with E-state index in [1.807, 2.05) is 0 Å². The van der Waals surface area contributed by atoms with Crippen LogP contribution in [0, 0.1) is 5.82 Å². The number of halogens is 1. The quantitative estimate of drug-likeness (QED) is 0.772. The second-order valence-electron chi connectivity index (χ2n) is 4.74. The zero-order chi connectivity index (χ0) is 11.8. The first kappa shape index (κ1) is 10.7. The van der Waals surface area contributed by atoms with Gasteiger partial charge in [0.15, 0.2) is 0 Å². The third-order valence-corrected chi connectivity index (χ3v) is 3.53. The lowest BCUT2D eigenvalue weighted by Gasteiger charge is -2.27. The molecule has 0 radical (unpaired) electrons. The molecule has 3 nitrogen and oxygen atoms in total. The summed E-state index contributed by atoms with van der Waals surface area (Å²) in [6, 6.07) is 7.00. The Kier molecular flexibility index (Phi) is 2.59. The first-order valence-electron chi connectivity index (χ1n) is 6.01. The van der Waals surface area contributed by atoms with Crippen molar-refractivity contribution >= 4 is 5.84 Å². The fraction of sp³-hybridized carbons (Fsp3) is 0.462. The monoisotopic (exact) mass is 234 g/mol. The molecule has 3 atom stereocenters. The van der Waals surface area contributed by atoms with Crippen LogP contribution in [0.4, 0.5) is 4.39 Å². The van der Waals surface area contributed by atoms with Crippen LogP contribution in [0.25, 0.3) is 0 Å². The van der Waals surface area contributed by atoms with Gasteiger partial charge in [-0.3, -0.25) is 4.99 Å². The lowest BCUT2D eigenvalue weighted by molar-refractivity contribution is 0.112. The van der Waals surface area contributed by atoms with E-state index < -0.39 is 0 Å². The second-order valence-corrected chi connectivity index (χ2v) is 4.74. The zero-order valence-corrected chi connectivity index (χ0v) is 9.44. The third kappa shape index (κ3) is 1.93. The number of nitrogens with zero attached hydrogens (tertiary/aromatic N) is 1. The van der Waals surface area contributed by atoms with Crippen LogP contribution in [0.3, 0.4) is 0 Å². The number of hydrogen-bond donors (Lipinski definition) is 2. The highest BCUT2D eigenvalue weighted by Gasteiger charge is 2.35. The molecule has 1 aromatic rings. The molecule has 1 aromatic carbocycles. The molecule has 0 amide bonds. The van der Waals surface area contributed by atoms with E-state index in [4.69, 9.17) is 0 Å². The number of amidine groups is 1. The van der Waals surface area contributed by atoms with Gasteiger partial charge in [-0.2, -0.15) is 0 Å². The van der Waals surface area contributed by atoms with Crippen LogP contribution in [0.15, 0.2) is 29.3 Å². The molecule has 1 saturated carbocycles. The molecule has 1 heterocycles. The number of rotatable bonds is 1. The van der Waals surface area contributed by atoms with E-state index in [-0.39, 0.29) is 24.0 Å². The molecular formula is C13H15FN2O. The minimum atomic E-state index is -0.252. The largest absolute Gasteiger partial charge is 0.393 e. The number of hydrogen-bond acceptors (Lipinski definition) is 3. The van der Waals surface area contributed by atoms with Crippen LogP contribution in [0.2, 0.25) is 0 Å². The molecule has 0 saturated heterocycles. The highest BCUT2D eigenvalue weighted by Crippen LogP contribution is 2.26. The summed E-state index contributed by atoms with van der Waals surface area (Å²) in [6.07, 6.45) is 2.11. The van der Waals surface area contributed by atoms with Crippen molar-refractivity contribution in [2.24, 2.45) is 4.99 Å². The van der Waals surface area contributed by atoms with Crippen LogP contribution in [-0.2, 0) is 0 Å². The number of nitrogens with one attached hydrogen (secondary N) is 1. The van der Waals surface area contributed by atoms with Gasteiger partial charge in [-0.05, 0) is 31.4 Å².